The molecule has 0 bridgehead atoms. The minimum atomic E-state index is 0.0869. The summed E-state index contributed by atoms with van der Waals surface area (Å²) in [6.07, 6.45) is 0. The van der Waals surface area contributed by atoms with Crippen molar-refractivity contribution in [3.8, 4) is 11.3 Å². The van der Waals surface area contributed by atoms with Gasteiger partial charge in [-0.1, -0.05) is 62.7 Å². The largest absolute Gasteiger partial charge is 0.248 e. The van der Waals surface area contributed by atoms with Gasteiger partial charge in [0.15, 0.2) is 0 Å². The van der Waals surface area contributed by atoms with Crippen LogP contribution in [0.4, 0.5) is 0 Å². The van der Waals surface area contributed by atoms with E-state index in [1.807, 2.05) is 0 Å². The summed E-state index contributed by atoms with van der Waals surface area (Å²) in [7, 11) is 0. The molecule has 0 aliphatic heterocycles. The first-order valence-corrected chi connectivity index (χ1v) is 8.83. The highest BCUT2D eigenvalue weighted by Gasteiger charge is 2.18. The summed E-state index contributed by atoms with van der Waals surface area (Å²) in [6, 6.07) is 23.9. The van der Waals surface area contributed by atoms with E-state index in [1.54, 1.807) is 0 Å². The molecule has 1 aromatic heterocycles. The first-order chi connectivity index (χ1) is 11.9. The number of hydrogen-bond donors (Lipinski definition) is 0. The fourth-order valence-electron chi connectivity index (χ4n) is 3.48. The standard InChI is InChI=1S/C24H23N/c1-16-9-11-22-18(13-16)10-12-23(25-22)19-14-17-7-5-6-8-20(17)21(15-19)24(2,3)4/h5-15H,1-4H3. The Morgan fingerprint density at radius 3 is 2.36 bits per heavy atom. The van der Waals surface area contributed by atoms with Crippen molar-refractivity contribution in [2.45, 2.75) is 33.1 Å². The predicted octanol–water partition coefficient (Wildman–Crippen LogP) is 6.66. The van der Waals surface area contributed by atoms with Gasteiger partial charge >= 0.3 is 0 Å². The fourth-order valence-corrected chi connectivity index (χ4v) is 3.48. The highest BCUT2D eigenvalue weighted by atomic mass is 14.7. The second kappa shape index (κ2) is 5.70. The second-order valence-corrected chi connectivity index (χ2v) is 7.89. The Morgan fingerprint density at radius 1 is 0.760 bits per heavy atom. The Kier molecular flexibility index (Phi) is 3.61. The molecule has 0 amide bonds. The smallest absolute Gasteiger partial charge is 0.0710 e. The summed E-state index contributed by atoms with van der Waals surface area (Å²) >= 11 is 0. The molecule has 25 heavy (non-hydrogen) atoms. The molecule has 3 aromatic carbocycles. The molecule has 0 saturated carbocycles. The maximum absolute atomic E-state index is 4.92. The number of rotatable bonds is 1. The van der Waals surface area contributed by atoms with Gasteiger partial charge in [0.25, 0.3) is 0 Å². The van der Waals surface area contributed by atoms with E-state index in [9.17, 15) is 0 Å². The zero-order chi connectivity index (χ0) is 17.6. The highest BCUT2D eigenvalue weighted by molar-refractivity contribution is 5.91. The summed E-state index contributed by atoms with van der Waals surface area (Å²) < 4.78 is 0. The molecular formula is C24H23N. The number of aryl methyl sites for hydroxylation is 1. The van der Waals surface area contributed by atoms with Gasteiger partial charge in [-0.25, -0.2) is 4.98 Å². The van der Waals surface area contributed by atoms with E-state index in [1.165, 1.54) is 32.8 Å². The maximum atomic E-state index is 4.92. The van der Waals surface area contributed by atoms with Gasteiger partial charge in [0, 0.05) is 10.9 Å². The van der Waals surface area contributed by atoms with Crippen LogP contribution in [0.5, 0.6) is 0 Å². The van der Waals surface area contributed by atoms with Crippen molar-refractivity contribution in [3.63, 3.8) is 0 Å². The Labute approximate surface area is 149 Å². The molecule has 124 valence electrons. The number of nitrogens with zero attached hydrogens (tertiary/aromatic N) is 1. The minimum absolute atomic E-state index is 0.0869. The molecule has 0 unspecified atom stereocenters. The molecule has 0 aliphatic carbocycles. The third-order valence-electron chi connectivity index (χ3n) is 4.81. The summed E-state index contributed by atoms with van der Waals surface area (Å²) in [5, 5.41) is 3.80. The zero-order valence-electron chi connectivity index (χ0n) is 15.3. The van der Waals surface area contributed by atoms with Crippen molar-refractivity contribution in [1.29, 1.82) is 0 Å². The molecule has 1 nitrogen and oxygen atoms in total. The third-order valence-corrected chi connectivity index (χ3v) is 4.81. The molecule has 0 saturated heterocycles. The van der Waals surface area contributed by atoms with Crippen LogP contribution in [0.15, 0.2) is 66.7 Å². The molecule has 0 aliphatic rings. The van der Waals surface area contributed by atoms with E-state index in [4.69, 9.17) is 4.98 Å². The lowest BCUT2D eigenvalue weighted by Crippen LogP contribution is -2.12. The van der Waals surface area contributed by atoms with Gasteiger partial charge in [-0.2, -0.15) is 0 Å². The van der Waals surface area contributed by atoms with Crippen molar-refractivity contribution in [2.24, 2.45) is 0 Å². The maximum Gasteiger partial charge on any atom is 0.0710 e. The molecule has 1 heteroatoms. The van der Waals surface area contributed by atoms with E-state index in [0.717, 1.165) is 11.2 Å². The second-order valence-electron chi connectivity index (χ2n) is 7.89. The number of pyridine rings is 1. The lowest BCUT2D eigenvalue weighted by molar-refractivity contribution is 0.596. The van der Waals surface area contributed by atoms with Crippen molar-refractivity contribution >= 4 is 21.7 Å². The lowest BCUT2D eigenvalue weighted by Gasteiger charge is -2.22. The van der Waals surface area contributed by atoms with Gasteiger partial charge in [-0.3, -0.25) is 0 Å². The zero-order valence-corrected chi connectivity index (χ0v) is 15.3. The number of hydrogen-bond acceptors (Lipinski definition) is 1. The van der Waals surface area contributed by atoms with Gasteiger partial charge < -0.3 is 0 Å². The van der Waals surface area contributed by atoms with Crippen LogP contribution in [-0.2, 0) is 5.41 Å². The Bertz CT molecular complexity index is 1080. The van der Waals surface area contributed by atoms with Gasteiger partial charge in [0.05, 0.1) is 11.2 Å². The summed E-state index contributed by atoms with van der Waals surface area (Å²) in [4.78, 5) is 4.92. The average Bonchev–Trinajstić information content (AvgIpc) is 2.59. The van der Waals surface area contributed by atoms with Crippen LogP contribution in [0.1, 0.15) is 31.9 Å². The quantitative estimate of drug-likeness (QED) is 0.381. The van der Waals surface area contributed by atoms with Gasteiger partial charge in [0.2, 0.25) is 0 Å². The number of fused-ring (bicyclic) bond motifs is 2. The molecule has 1 heterocycles. The van der Waals surface area contributed by atoms with Crippen LogP contribution in [0.25, 0.3) is 32.9 Å². The molecule has 4 rings (SSSR count). The molecular weight excluding hydrogens is 302 g/mol. The Balaban J connectivity index is 1.96. The minimum Gasteiger partial charge on any atom is -0.248 e. The number of aromatic nitrogens is 1. The van der Waals surface area contributed by atoms with E-state index >= 15 is 0 Å². The van der Waals surface area contributed by atoms with Crippen LogP contribution in [-0.4, -0.2) is 4.98 Å². The van der Waals surface area contributed by atoms with E-state index in [-0.39, 0.29) is 5.41 Å². The molecule has 0 atom stereocenters. The van der Waals surface area contributed by atoms with Crippen molar-refractivity contribution in [1.82, 2.24) is 4.98 Å². The summed E-state index contributed by atoms with van der Waals surface area (Å²) in [6.45, 7) is 8.94. The molecule has 0 fully saturated rings. The van der Waals surface area contributed by atoms with Gasteiger partial charge in [-0.15, -0.1) is 0 Å². The van der Waals surface area contributed by atoms with E-state index in [0.29, 0.717) is 0 Å². The van der Waals surface area contributed by atoms with Crippen LogP contribution < -0.4 is 0 Å². The average molecular weight is 325 g/mol. The van der Waals surface area contributed by atoms with Crippen molar-refractivity contribution in [3.05, 3.63) is 77.9 Å². The predicted molar refractivity (Wildman–Crippen MR) is 108 cm³/mol. The topological polar surface area (TPSA) is 12.9 Å². The lowest BCUT2D eigenvalue weighted by atomic mass is 9.82. The van der Waals surface area contributed by atoms with E-state index < -0.39 is 0 Å². The van der Waals surface area contributed by atoms with Gasteiger partial charge in [-0.05, 0) is 59.0 Å². The summed E-state index contributed by atoms with van der Waals surface area (Å²) in [5.74, 6) is 0. The molecule has 4 aromatic rings. The van der Waals surface area contributed by atoms with Gasteiger partial charge in [0.1, 0.15) is 0 Å². The van der Waals surface area contributed by atoms with Crippen LogP contribution in [0, 0.1) is 6.92 Å². The SMILES string of the molecule is Cc1ccc2nc(-c3cc(C(C)(C)C)c4ccccc4c3)ccc2c1. The first-order valence-electron chi connectivity index (χ1n) is 8.83. The van der Waals surface area contributed by atoms with Crippen molar-refractivity contribution in [2.75, 3.05) is 0 Å². The highest BCUT2D eigenvalue weighted by Crippen LogP contribution is 2.34. The monoisotopic (exact) mass is 325 g/mol. The fraction of sp³-hybridized carbons (Fsp3) is 0.208. The molecule has 0 radical (unpaired) electrons. The van der Waals surface area contributed by atoms with Crippen LogP contribution >= 0.6 is 0 Å². The Hall–Kier alpha value is -2.67. The molecule has 0 N–H and O–H groups in total. The summed E-state index contributed by atoms with van der Waals surface area (Å²) in [5.41, 5.74) is 5.99. The van der Waals surface area contributed by atoms with Crippen molar-refractivity contribution < 1.29 is 0 Å². The Morgan fingerprint density at radius 2 is 1.56 bits per heavy atom. The van der Waals surface area contributed by atoms with E-state index in [2.05, 4.69) is 94.4 Å². The number of benzene rings is 3. The first kappa shape index (κ1) is 15.8. The third kappa shape index (κ3) is 2.91. The van der Waals surface area contributed by atoms with Crippen LogP contribution in [0.2, 0.25) is 0 Å². The normalized spacial score (nSPS) is 12.0. The molecule has 0 spiro atoms. The van der Waals surface area contributed by atoms with Crippen LogP contribution in [0.3, 0.4) is 0 Å².